The van der Waals surface area contributed by atoms with Crippen LogP contribution in [0.25, 0.3) is 77.5 Å². The number of nitrogens with one attached hydrogen (secondary N) is 4. The fraction of sp³-hybridized carbons (Fsp3) is 0.387. The summed E-state index contributed by atoms with van der Waals surface area (Å²) in [5.74, 6) is 0.157. The lowest BCUT2D eigenvalue weighted by Crippen LogP contribution is -2.16. The average Bonchev–Trinajstić information content (AvgIpc) is 4.05. The van der Waals surface area contributed by atoms with Gasteiger partial charge in [0.2, 0.25) is 5.52 Å². The molecule has 0 amide bonds. The molecule has 0 unspecified atom stereocenters. The molecule has 0 saturated heterocycles. The van der Waals surface area contributed by atoms with Gasteiger partial charge in [-0.15, -0.1) is 0 Å². The number of rotatable bonds is 3. The monoisotopic (exact) mass is 893 g/mol. The van der Waals surface area contributed by atoms with Crippen molar-refractivity contribution in [3.63, 3.8) is 0 Å². The number of aromatic amines is 4. The van der Waals surface area contributed by atoms with Crippen LogP contribution in [0.1, 0.15) is 158 Å². The maximum Gasteiger partial charge on any atom is 0.272 e. The molecule has 5 heteroatoms. The lowest BCUT2D eigenvalue weighted by Gasteiger charge is -2.26. The van der Waals surface area contributed by atoms with Gasteiger partial charge in [0.05, 0.1) is 34.8 Å². The lowest BCUT2D eigenvalue weighted by molar-refractivity contribution is 0.485. The van der Waals surface area contributed by atoms with Crippen LogP contribution in [0.3, 0.4) is 0 Å². The van der Waals surface area contributed by atoms with E-state index in [1.165, 1.54) is 33.4 Å². The van der Waals surface area contributed by atoms with Gasteiger partial charge in [-0.05, 0) is 101 Å². The molecule has 8 rings (SSSR count). The Morgan fingerprint density at radius 3 is 0.970 bits per heavy atom. The average molecular weight is 893 g/mol. The van der Waals surface area contributed by atoms with Gasteiger partial charge >= 0.3 is 0 Å². The standard InChI is InChI=1S/C62H76N4O/c1-57(2,3)39-27-36(28-40(33-39)58(4,5)6)53-45-19-21-47(63-45)54(37-29-41(59(7,8)9)34-42(30-37)60(10,11)12)49-23-25-51(65-49)56(67)52-26-24-50(66-52)55(48-22-20-46(53)64-48)38-31-43(61(13,14)15)35-44(32-38)62(16,17)18/h19-35,63-67H,1-18H3/q+2. The van der Waals surface area contributed by atoms with E-state index in [0.29, 0.717) is 11.0 Å². The van der Waals surface area contributed by atoms with Gasteiger partial charge in [0, 0.05) is 46.4 Å². The summed E-state index contributed by atoms with van der Waals surface area (Å²) in [6.45, 7) is 41.3. The molecule has 0 fully saturated rings. The fourth-order valence-corrected chi connectivity index (χ4v) is 9.16. The molecule has 0 aliphatic rings. The first-order chi connectivity index (χ1) is 30.9. The van der Waals surface area contributed by atoms with Crippen molar-refractivity contribution in [1.82, 2.24) is 19.9 Å². The van der Waals surface area contributed by atoms with Crippen molar-refractivity contribution in [2.75, 3.05) is 0 Å². The minimum atomic E-state index is -0.0820. The SMILES string of the molecule is CC(C)(C)c1cc(-c2c3ccc([nH]3)c(-c3cc(C(C)(C)C)cc(C(C)(C)C)c3)c3ccc([nH]3)[c+](-c3cc(C(C)(C)C)cc(C(C)(C)C)c3)c3ccc([nH]3)[c+](O)c3ccc2[nH]3)cc(C(C)(C)C)c1. The molecule has 348 valence electrons. The third kappa shape index (κ3) is 9.49. The molecule has 67 heavy (non-hydrogen) atoms. The van der Waals surface area contributed by atoms with Gasteiger partial charge in [-0.2, -0.15) is 0 Å². The molecule has 0 aliphatic carbocycles. The highest BCUT2D eigenvalue weighted by molar-refractivity contribution is 6.01. The topological polar surface area (TPSA) is 83.4 Å². The minimum absolute atomic E-state index is 0.0799. The maximum atomic E-state index is 12.2. The third-order valence-electron chi connectivity index (χ3n) is 13.7. The van der Waals surface area contributed by atoms with E-state index in [2.05, 4.69) is 236 Å². The molecule has 8 bridgehead atoms. The van der Waals surface area contributed by atoms with Crippen molar-refractivity contribution in [2.24, 2.45) is 0 Å². The van der Waals surface area contributed by atoms with Gasteiger partial charge in [-0.25, -0.2) is 0 Å². The first-order valence-electron chi connectivity index (χ1n) is 24.3. The number of hydrogen-bond acceptors (Lipinski definition) is 1. The van der Waals surface area contributed by atoms with Crippen LogP contribution in [0.5, 0.6) is 5.75 Å². The zero-order chi connectivity index (χ0) is 49.0. The number of benzene rings is 3. The van der Waals surface area contributed by atoms with Gasteiger partial charge in [0.25, 0.3) is 5.75 Å². The number of H-pyrrole nitrogens is 4. The maximum absolute atomic E-state index is 12.2. The Balaban J connectivity index is 1.60. The second kappa shape index (κ2) is 16.1. The fourth-order valence-electron chi connectivity index (χ4n) is 9.16. The van der Waals surface area contributed by atoms with Crippen LogP contribution in [0, 0.1) is 0 Å². The highest BCUT2D eigenvalue weighted by Gasteiger charge is 2.28. The Labute approximate surface area is 400 Å². The molecular weight excluding hydrogens is 817 g/mol. The largest absolute Gasteiger partial charge is 0.445 e. The van der Waals surface area contributed by atoms with Crippen LogP contribution < -0.4 is 0 Å². The molecule has 0 atom stereocenters. The Bertz CT molecular complexity index is 3020. The summed E-state index contributed by atoms with van der Waals surface area (Å²) in [7, 11) is 0. The molecule has 5 heterocycles. The first-order valence-corrected chi connectivity index (χ1v) is 24.3. The van der Waals surface area contributed by atoms with Crippen molar-refractivity contribution in [3.05, 3.63) is 137 Å². The van der Waals surface area contributed by atoms with Crippen molar-refractivity contribution in [3.8, 4) is 39.1 Å². The summed E-state index contributed by atoms with van der Waals surface area (Å²) in [4.78, 5) is 15.5. The van der Waals surface area contributed by atoms with Gasteiger partial charge in [-0.3, -0.25) is 0 Å². The minimum Gasteiger partial charge on any atom is -0.445 e. The summed E-state index contributed by atoms with van der Waals surface area (Å²) >= 11 is 0. The highest BCUT2D eigenvalue weighted by Crippen LogP contribution is 2.42. The van der Waals surface area contributed by atoms with Gasteiger partial charge in [-0.1, -0.05) is 161 Å². The van der Waals surface area contributed by atoms with Crippen LogP contribution in [0.4, 0.5) is 0 Å². The van der Waals surface area contributed by atoms with E-state index >= 15 is 0 Å². The van der Waals surface area contributed by atoms with Crippen LogP contribution in [0.2, 0.25) is 0 Å². The molecule has 5 aromatic heterocycles. The molecule has 0 saturated carbocycles. The smallest absolute Gasteiger partial charge is 0.272 e. The predicted octanol–water partition coefficient (Wildman–Crippen LogP) is 17.8. The highest BCUT2D eigenvalue weighted by atomic mass is 16.3. The van der Waals surface area contributed by atoms with Gasteiger partial charge < -0.3 is 25.0 Å². The molecule has 0 radical (unpaired) electrons. The Morgan fingerprint density at radius 1 is 0.313 bits per heavy atom. The second-order valence-corrected chi connectivity index (χ2v) is 25.5. The number of fused-ring (bicyclic) bond motifs is 8. The first kappa shape index (κ1) is 47.5. The van der Waals surface area contributed by atoms with Crippen LogP contribution in [-0.2, 0) is 32.5 Å². The van der Waals surface area contributed by atoms with E-state index in [4.69, 9.17) is 0 Å². The number of aromatic nitrogens is 4. The molecule has 5 N–H and O–H groups in total. The Hall–Kier alpha value is -5.94. The zero-order valence-electron chi connectivity index (χ0n) is 43.8. The molecule has 0 spiro atoms. The number of aromatic hydroxyl groups is 1. The van der Waals surface area contributed by atoms with Crippen molar-refractivity contribution < 1.29 is 5.11 Å². The van der Waals surface area contributed by atoms with Crippen LogP contribution in [0.15, 0.2) is 103 Å². The van der Waals surface area contributed by atoms with Crippen molar-refractivity contribution >= 4 is 44.1 Å². The van der Waals surface area contributed by atoms with Crippen molar-refractivity contribution in [1.29, 1.82) is 0 Å². The zero-order valence-corrected chi connectivity index (χ0v) is 43.8. The van der Waals surface area contributed by atoms with Gasteiger partial charge in [0.1, 0.15) is 16.6 Å². The normalized spacial score (nSPS) is 13.3. The Morgan fingerprint density at radius 2 is 0.582 bits per heavy atom. The second-order valence-electron chi connectivity index (χ2n) is 25.5. The molecule has 0 aliphatic heterocycles. The lowest BCUT2D eigenvalue weighted by atomic mass is 9.79. The summed E-state index contributed by atoms with van der Waals surface area (Å²) in [5.41, 5.74) is 20.8. The van der Waals surface area contributed by atoms with E-state index in [-0.39, 0.29) is 38.2 Å². The summed E-state index contributed by atoms with van der Waals surface area (Å²) < 4.78 is 0. The quantitative estimate of drug-likeness (QED) is 0.113. The third-order valence-corrected chi connectivity index (χ3v) is 13.7. The molecule has 5 nitrogen and oxygen atoms in total. The molecular formula is C62H76N4O+2. The van der Waals surface area contributed by atoms with Crippen LogP contribution >= 0.6 is 0 Å². The number of hydrogen-bond donors (Lipinski definition) is 5. The summed E-state index contributed by atoms with van der Waals surface area (Å²) in [6.07, 6.45) is 0. The van der Waals surface area contributed by atoms with Gasteiger partial charge in [0.15, 0.2) is 5.52 Å². The van der Waals surface area contributed by atoms with Crippen molar-refractivity contribution in [2.45, 2.75) is 157 Å². The van der Waals surface area contributed by atoms with E-state index in [9.17, 15) is 5.11 Å². The van der Waals surface area contributed by atoms with Crippen LogP contribution in [-0.4, -0.2) is 25.0 Å². The van der Waals surface area contributed by atoms with E-state index in [1.807, 2.05) is 12.1 Å². The predicted molar refractivity (Wildman–Crippen MR) is 290 cm³/mol. The van der Waals surface area contributed by atoms with E-state index in [0.717, 1.165) is 66.5 Å². The van der Waals surface area contributed by atoms with E-state index in [1.54, 1.807) is 0 Å². The Kier molecular flexibility index (Phi) is 11.4. The molecule has 3 aromatic carbocycles. The molecule has 8 aromatic rings. The van der Waals surface area contributed by atoms with E-state index < -0.39 is 0 Å². The summed E-state index contributed by atoms with van der Waals surface area (Å²) in [5, 5.41) is 12.2. The summed E-state index contributed by atoms with van der Waals surface area (Å²) in [6, 6.07) is 38.5.